The van der Waals surface area contributed by atoms with Crippen LogP contribution in [0.25, 0.3) is 10.9 Å². The molecule has 5 nitrogen and oxygen atoms in total. The number of likely N-dealkylation sites (tertiary alicyclic amines) is 2. The highest BCUT2D eigenvalue weighted by Gasteiger charge is 2.32. The van der Waals surface area contributed by atoms with E-state index in [1.807, 2.05) is 40.1 Å². The lowest BCUT2D eigenvalue weighted by molar-refractivity contribution is -0.130. The normalized spacial score (nSPS) is 19.2. The molecular weight excluding hydrogens is 302 g/mol. The molecule has 2 aliphatic heterocycles. The molecule has 0 unspecified atom stereocenters. The third kappa shape index (κ3) is 2.75. The van der Waals surface area contributed by atoms with Crippen LogP contribution in [-0.2, 0) is 4.79 Å². The van der Waals surface area contributed by atoms with Crippen LogP contribution in [0.15, 0.2) is 36.5 Å². The van der Waals surface area contributed by atoms with Crippen molar-refractivity contribution in [1.29, 1.82) is 0 Å². The maximum absolute atomic E-state index is 12.8. The number of rotatable bonds is 2. The van der Waals surface area contributed by atoms with Crippen LogP contribution >= 0.6 is 0 Å². The summed E-state index contributed by atoms with van der Waals surface area (Å²) in [6, 6.07) is 9.84. The van der Waals surface area contributed by atoms with Crippen molar-refractivity contribution >= 4 is 22.7 Å². The van der Waals surface area contributed by atoms with Crippen LogP contribution < -0.4 is 0 Å². The fourth-order valence-electron chi connectivity index (χ4n) is 3.83. The molecule has 1 aromatic carbocycles. The molecule has 2 amide bonds. The second-order valence-electron chi connectivity index (χ2n) is 6.62. The van der Waals surface area contributed by atoms with Crippen LogP contribution in [0.5, 0.6) is 0 Å². The molecular formula is C19H21N3O2. The minimum Gasteiger partial charge on any atom is -0.340 e. The van der Waals surface area contributed by atoms with Gasteiger partial charge in [0.25, 0.3) is 5.91 Å². The molecule has 0 bridgehead atoms. The third-order valence-corrected chi connectivity index (χ3v) is 5.15. The predicted molar refractivity (Wildman–Crippen MR) is 91.6 cm³/mol. The van der Waals surface area contributed by atoms with E-state index in [0.717, 1.165) is 49.8 Å². The van der Waals surface area contributed by atoms with Gasteiger partial charge in [0.05, 0.1) is 5.52 Å². The Morgan fingerprint density at radius 2 is 1.96 bits per heavy atom. The maximum atomic E-state index is 12.8. The number of amides is 2. The summed E-state index contributed by atoms with van der Waals surface area (Å²) in [4.78, 5) is 32.9. The standard InChI is InChI=1S/C19H21N3O2/c23-18-4-2-10-22(18)16-7-11-21(12-8-16)19(24)15-5-6-17-14(13-15)3-1-9-20-17/h1,3,5-6,9,13,16H,2,4,7-8,10-12H2. The molecule has 4 rings (SSSR count). The number of aromatic nitrogens is 1. The molecule has 0 saturated carbocycles. The third-order valence-electron chi connectivity index (χ3n) is 5.15. The number of pyridine rings is 1. The van der Waals surface area contributed by atoms with Crippen molar-refractivity contribution in [2.45, 2.75) is 31.7 Å². The molecule has 2 fully saturated rings. The van der Waals surface area contributed by atoms with Gasteiger partial charge in [-0.25, -0.2) is 0 Å². The van der Waals surface area contributed by atoms with E-state index in [4.69, 9.17) is 0 Å². The Balaban J connectivity index is 1.44. The van der Waals surface area contributed by atoms with E-state index in [0.29, 0.717) is 18.0 Å². The number of benzene rings is 1. The van der Waals surface area contributed by atoms with Crippen LogP contribution in [0.4, 0.5) is 0 Å². The van der Waals surface area contributed by atoms with E-state index in [2.05, 4.69) is 4.98 Å². The van der Waals surface area contributed by atoms with E-state index in [1.54, 1.807) is 6.20 Å². The summed E-state index contributed by atoms with van der Waals surface area (Å²) in [7, 11) is 0. The lowest BCUT2D eigenvalue weighted by atomic mass is 10.0. The SMILES string of the molecule is O=C(c1ccc2ncccc2c1)N1CCC(N2CCCC2=O)CC1. The Bertz CT molecular complexity index is 781. The van der Waals surface area contributed by atoms with Crippen LogP contribution in [0, 0.1) is 0 Å². The summed E-state index contributed by atoms with van der Waals surface area (Å²) < 4.78 is 0. The zero-order chi connectivity index (χ0) is 16.5. The van der Waals surface area contributed by atoms with Crippen molar-refractivity contribution in [1.82, 2.24) is 14.8 Å². The van der Waals surface area contributed by atoms with Gasteiger partial charge in [-0.2, -0.15) is 0 Å². The van der Waals surface area contributed by atoms with Gasteiger partial charge in [-0.3, -0.25) is 14.6 Å². The fraction of sp³-hybridized carbons (Fsp3) is 0.421. The Morgan fingerprint density at radius 1 is 1.12 bits per heavy atom. The minimum atomic E-state index is 0.0759. The van der Waals surface area contributed by atoms with Gasteiger partial charge >= 0.3 is 0 Å². The molecule has 0 aliphatic carbocycles. The highest BCUT2D eigenvalue weighted by atomic mass is 16.2. The summed E-state index contributed by atoms with van der Waals surface area (Å²) >= 11 is 0. The first kappa shape index (κ1) is 15.1. The largest absolute Gasteiger partial charge is 0.340 e. The molecule has 1 aromatic heterocycles. The highest BCUT2D eigenvalue weighted by molar-refractivity contribution is 5.98. The number of fused-ring (bicyclic) bond motifs is 1. The van der Waals surface area contributed by atoms with Gasteiger partial charge < -0.3 is 9.80 Å². The van der Waals surface area contributed by atoms with Gasteiger partial charge in [0.1, 0.15) is 0 Å². The topological polar surface area (TPSA) is 53.5 Å². The van der Waals surface area contributed by atoms with Gasteiger partial charge in [0.15, 0.2) is 0 Å². The molecule has 0 N–H and O–H groups in total. The summed E-state index contributed by atoms with van der Waals surface area (Å²) in [6.07, 6.45) is 5.18. The zero-order valence-electron chi connectivity index (χ0n) is 13.6. The predicted octanol–water partition coefficient (Wildman–Crippen LogP) is 2.46. The molecule has 5 heteroatoms. The Hall–Kier alpha value is -2.43. The van der Waals surface area contributed by atoms with Gasteiger partial charge in [0, 0.05) is 49.2 Å². The van der Waals surface area contributed by atoms with E-state index in [9.17, 15) is 9.59 Å². The zero-order valence-corrected chi connectivity index (χ0v) is 13.6. The molecule has 124 valence electrons. The quantitative estimate of drug-likeness (QED) is 0.853. The summed E-state index contributed by atoms with van der Waals surface area (Å²) in [5.74, 6) is 0.355. The highest BCUT2D eigenvalue weighted by Crippen LogP contribution is 2.23. The summed E-state index contributed by atoms with van der Waals surface area (Å²) in [6.45, 7) is 2.33. The Morgan fingerprint density at radius 3 is 2.71 bits per heavy atom. The van der Waals surface area contributed by atoms with Crippen LogP contribution in [-0.4, -0.2) is 52.3 Å². The summed E-state index contributed by atoms with van der Waals surface area (Å²) in [5, 5.41) is 0.987. The molecule has 0 radical (unpaired) electrons. The first-order chi connectivity index (χ1) is 11.7. The van der Waals surface area contributed by atoms with Crippen molar-refractivity contribution in [2.75, 3.05) is 19.6 Å². The van der Waals surface area contributed by atoms with Gasteiger partial charge in [-0.15, -0.1) is 0 Å². The number of piperidine rings is 1. The Kier molecular flexibility index (Phi) is 3.92. The summed E-state index contributed by atoms with van der Waals surface area (Å²) in [5.41, 5.74) is 1.62. The van der Waals surface area contributed by atoms with Crippen molar-refractivity contribution in [3.8, 4) is 0 Å². The maximum Gasteiger partial charge on any atom is 0.253 e. The molecule has 0 atom stereocenters. The number of hydrogen-bond acceptors (Lipinski definition) is 3. The molecule has 2 aromatic rings. The average Bonchev–Trinajstić information content (AvgIpc) is 3.07. The molecule has 3 heterocycles. The number of nitrogens with zero attached hydrogens (tertiary/aromatic N) is 3. The lowest BCUT2D eigenvalue weighted by Crippen LogP contribution is -2.47. The minimum absolute atomic E-state index is 0.0759. The van der Waals surface area contributed by atoms with Crippen LogP contribution in [0.1, 0.15) is 36.0 Å². The average molecular weight is 323 g/mol. The molecule has 2 saturated heterocycles. The smallest absolute Gasteiger partial charge is 0.253 e. The van der Waals surface area contributed by atoms with Crippen molar-refractivity contribution < 1.29 is 9.59 Å². The number of hydrogen-bond donors (Lipinski definition) is 0. The van der Waals surface area contributed by atoms with Crippen LogP contribution in [0.3, 0.4) is 0 Å². The van der Waals surface area contributed by atoms with E-state index in [1.165, 1.54) is 0 Å². The molecule has 24 heavy (non-hydrogen) atoms. The van der Waals surface area contributed by atoms with Gasteiger partial charge in [-0.1, -0.05) is 6.07 Å². The Labute approximate surface area is 141 Å². The fourth-order valence-corrected chi connectivity index (χ4v) is 3.83. The second-order valence-corrected chi connectivity index (χ2v) is 6.62. The van der Waals surface area contributed by atoms with E-state index >= 15 is 0 Å². The monoisotopic (exact) mass is 323 g/mol. The van der Waals surface area contributed by atoms with E-state index < -0.39 is 0 Å². The van der Waals surface area contributed by atoms with Gasteiger partial charge in [-0.05, 0) is 43.5 Å². The first-order valence-electron chi connectivity index (χ1n) is 8.66. The lowest BCUT2D eigenvalue weighted by Gasteiger charge is -2.36. The van der Waals surface area contributed by atoms with E-state index in [-0.39, 0.29) is 11.8 Å². The van der Waals surface area contributed by atoms with Crippen molar-refractivity contribution in [3.63, 3.8) is 0 Å². The molecule has 0 spiro atoms. The number of carbonyl (C=O) groups excluding carboxylic acids is 2. The first-order valence-corrected chi connectivity index (χ1v) is 8.66. The van der Waals surface area contributed by atoms with Gasteiger partial charge in [0.2, 0.25) is 5.91 Å². The van der Waals surface area contributed by atoms with Crippen molar-refractivity contribution in [3.05, 3.63) is 42.1 Å². The molecule has 2 aliphatic rings. The van der Waals surface area contributed by atoms with Crippen molar-refractivity contribution in [2.24, 2.45) is 0 Å². The number of carbonyl (C=O) groups is 2. The second kappa shape index (κ2) is 6.23. The van der Waals surface area contributed by atoms with Crippen LogP contribution in [0.2, 0.25) is 0 Å².